The number of rotatable bonds is 8. The molecule has 2 heterocycles. The minimum absolute atomic E-state index is 0.0232. The van der Waals surface area contributed by atoms with Gasteiger partial charge in [0.05, 0.1) is 34.9 Å². The van der Waals surface area contributed by atoms with Crippen molar-refractivity contribution < 1.29 is 23.9 Å². The van der Waals surface area contributed by atoms with E-state index in [9.17, 15) is 14.4 Å². The smallest absolute Gasteiger partial charge is 0.356 e. The highest BCUT2D eigenvalue weighted by Gasteiger charge is 2.30. The number of ether oxygens (including phenoxy) is 2. The SMILES string of the molecule is CCOC(=O)c1c(SCC(=O)c2ccc(Cl)cc2)c(C(=O)OCC)n2cc(C)cc(C)c12. The first-order valence-corrected chi connectivity index (χ1v) is 11.6. The molecule has 0 fully saturated rings. The molecule has 3 aromatic rings. The molecule has 0 bridgehead atoms. The number of Topliss-reactive ketones (excluding diaryl/α,β-unsaturated/α-hetero) is 1. The Morgan fingerprint density at radius 1 is 1.00 bits per heavy atom. The lowest BCUT2D eigenvalue weighted by molar-refractivity contribution is 0.0514. The van der Waals surface area contributed by atoms with Gasteiger partial charge in [-0.2, -0.15) is 0 Å². The van der Waals surface area contributed by atoms with Gasteiger partial charge in [0.2, 0.25) is 0 Å². The number of halogens is 1. The number of aromatic nitrogens is 1. The largest absolute Gasteiger partial charge is 0.462 e. The van der Waals surface area contributed by atoms with Crippen LogP contribution in [-0.4, -0.2) is 41.1 Å². The second-order valence-corrected chi connectivity index (χ2v) is 8.55. The molecule has 3 rings (SSSR count). The normalized spacial score (nSPS) is 10.9. The van der Waals surface area contributed by atoms with Crippen molar-refractivity contribution in [3.8, 4) is 0 Å². The summed E-state index contributed by atoms with van der Waals surface area (Å²) in [5, 5.41) is 0.535. The summed E-state index contributed by atoms with van der Waals surface area (Å²) in [4.78, 5) is 39.1. The van der Waals surface area contributed by atoms with Crippen LogP contribution in [0.25, 0.3) is 5.52 Å². The fraction of sp³-hybridized carbons (Fsp3) is 0.292. The van der Waals surface area contributed by atoms with Crippen LogP contribution in [0.1, 0.15) is 56.2 Å². The minimum atomic E-state index is -0.565. The van der Waals surface area contributed by atoms with Crippen LogP contribution >= 0.6 is 23.4 Å². The fourth-order valence-corrected chi connectivity index (χ4v) is 4.73. The molecule has 0 spiro atoms. The third-order valence-corrected chi connectivity index (χ3v) is 6.12. The Kier molecular flexibility index (Phi) is 7.64. The fourth-order valence-electron chi connectivity index (χ4n) is 3.52. The highest BCUT2D eigenvalue weighted by Crippen LogP contribution is 2.36. The molecule has 168 valence electrons. The van der Waals surface area contributed by atoms with E-state index in [1.807, 2.05) is 19.9 Å². The predicted octanol–water partition coefficient (Wildman–Crippen LogP) is 5.54. The molecule has 0 unspecified atom stereocenters. The maximum Gasteiger partial charge on any atom is 0.356 e. The first kappa shape index (κ1) is 23.9. The van der Waals surface area contributed by atoms with E-state index < -0.39 is 11.9 Å². The number of carbonyl (C=O) groups is 3. The van der Waals surface area contributed by atoms with E-state index in [2.05, 4.69) is 0 Å². The Morgan fingerprint density at radius 2 is 1.62 bits per heavy atom. The standard InChI is InChI=1S/C24H24ClNO5S/c1-5-30-23(28)19-20-15(4)11-14(3)12-26(20)21(24(29)31-6-2)22(19)32-13-18(27)16-7-9-17(25)10-8-16/h7-12H,5-6,13H2,1-4H3. The topological polar surface area (TPSA) is 74.1 Å². The van der Waals surface area contributed by atoms with Crippen LogP contribution in [0, 0.1) is 13.8 Å². The number of pyridine rings is 1. The van der Waals surface area contributed by atoms with Gasteiger partial charge in [0, 0.05) is 16.8 Å². The summed E-state index contributed by atoms with van der Waals surface area (Å²) in [7, 11) is 0. The van der Waals surface area contributed by atoms with Crippen molar-refractivity contribution >= 4 is 46.6 Å². The maximum absolute atomic E-state index is 13.0. The monoisotopic (exact) mass is 473 g/mol. The number of fused-ring (bicyclic) bond motifs is 1. The molecule has 8 heteroatoms. The summed E-state index contributed by atoms with van der Waals surface area (Å²) < 4.78 is 12.3. The van der Waals surface area contributed by atoms with E-state index in [0.717, 1.165) is 22.9 Å². The molecule has 0 N–H and O–H groups in total. The zero-order valence-corrected chi connectivity index (χ0v) is 19.9. The van der Waals surface area contributed by atoms with Crippen molar-refractivity contribution in [2.45, 2.75) is 32.6 Å². The van der Waals surface area contributed by atoms with Crippen molar-refractivity contribution in [2.75, 3.05) is 19.0 Å². The molecule has 0 saturated heterocycles. The number of ketones is 1. The van der Waals surface area contributed by atoms with Crippen LogP contribution < -0.4 is 0 Å². The average Bonchev–Trinajstić information content (AvgIpc) is 3.07. The van der Waals surface area contributed by atoms with Crippen molar-refractivity contribution in [3.05, 3.63) is 69.5 Å². The van der Waals surface area contributed by atoms with Crippen molar-refractivity contribution in [2.24, 2.45) is 0 Å². The molecule has 1 aromatic carbocycles. The number of hydrogen-bond acceptors (Lipinski definition) is 6. The first-order chi connectivity index (χ1) is 15.3. The van der Waals surface area contributed by atoms with Crippen molar-refractivity contribution in [1.29, 1.82) is 0 Å². The Bertz CT molecular complexity index is 1180. The molecule has 0 radical (unpaired) electrons. The molecule has 6 nitrogen and oxygen atoms in total. The quantitative estimate of drug-likeness (QED) is 0.243. The molecule has 0 aliphatic rings. The van der Waals surface area contributed by atoms with Gasteiger partial charge in [-0.15, -0.1) is 11.8 Å². The average molecular weight is 474 g/mol. The van der Waals surface area contributed by atoms with E-state index in [0.29, 0.717) is 21.0 Å². The summed E-state index contributed by atoms with van der Waals surface area (Å²) in [6.07, 6.45) is 1.78. The molecule has 0 aliphatic carbocycles. The molecular weight excluding hydrogens is 450 g/mol. The third kappa shape index (κ3) is 4.84. The summed E-state index contributed by atoms with van der Waals surface area (Å²) in [6.45, 7) is 7.57. The van der Waals surface area contributed by atoms with Gasteiger partial charge >= 0.3 is 11.9 Å². The van der Waals surface area contributed by atoms with Crippen LogP contribution in [0.2, 0.25) is 5.02 Å². The molecule has 0 amide bonds. The summed E-state index contributed by atoms with van der Waals surface area (Å²) in [6, 6.07) is 8.51. The van der Waals surface area contributed by atoms with Gasteiger partial charge in [-0.1, -0.05) is 17.7 Å². The molecule has 32 heavy (non-hydrogen) atoms. The number of aryl methyl sites for hydroxylation is 2. The van der Waals surface area contributed by atoms with Gasteiger partial charge in [-0.3, -0.25) is 4.79 Å². The molecule has 0 atom stereocenters. The maximum atomic E-state index is 13.0. The number of thioether (sulfide) groups is 1. The van der Waals surface area contributed by atoms with E-state index in [1.54, 1.807) is 48.7 Å². The van der Waals surface area contributed by atoms with E-state index >= 15 is 0 Å². The number of hydrogen-bond donors (Lipinski definition) is 0. The van der Waals surface area contributed by atoms with Crippen LogP contribution in [0.5, 0.6) is 0 Å². The number of benzene rings is 1. The Balaban J connectivity index is 2.15. The lowest BCUT2D eigenvalue weighted by atomic mass is 10.1. The van der Waals surface area contributed by atoms with E-state index in [4.69, 9.17) is 21.1 Å². The van der Waals surface area contributed by atoms with Gasteiger partial charge < -0.3 is 13.9 Å². The second-order valence-electron chi connectivity index (χ2n) is 7.13. The highest BCUT2D eigenvalue weighted by atomic mass is 35.5. The van der Waals surface area contributed by atoms with Crippen molar-refractivity contribution in [3.63, 3.8) is 0 Å². The van der Waals surface area contributed by atoms with Crippen LogP contribution in [-0.2, 0) is 9.47 Å². The molecular formula is C24H24ClNO5S. The lowest BCUT2D eigenvalue weighted by Crippen LogP contribution is -2.11. The van der Waals surface area contributed by atoms with Gasteiger partial charge in [-0.25, -0.2) is 9.59 Å². The van der Waals surface area contributed by atoms with E-state index in [-0.39, 0.29) is 36.0 Å². The number of carbonyl (C=O) groups excluding carboxylic acids is 3. The molecule has 2 aromatic heterocycles. The number of esters is 2. The number of nitrogens with zero attached hydrogens (tertiary/aromatic N) is 1. The summed E-state index contributed by atoms with van der Waals surface area (Å²) >= 11 is 7.04. The second kappa shape index (κ2) is 10.2. The highest BCUT2D eigenvalue weighted by molar-refractivity contribution is 8.00. The minimum Gasteiger partial charge on any atom is -0.462 e. The zero-order valence-electron chi connectivity index (χ0n) is 18.4. The van der Waals surface area contributed by atoms with Gasteiger partial charge in [0.1, 0.15) is 5.69 Å². The first-order valence-electron chi connectivity index (χ1n) is 10.2. The Morgan fingerprint density at radius 3 is 2.25 bits per heavy atom. The Labute approximate surface area is 195 Å². The van der Waals surface area contributed by atoms with Gasteiger partial charge in [0.15, 0.2) is 5.78 Å². The van der Waals surface area contributed by atoms with E-state index in [1.165, 1.54) is 0 Å². The Hall–Kier alpha value is -2.77. The molecule has 0 aliphatic heterocycles. The van der Waals surface area contributed by atoms with Crippen LogP contribution in [0.15, 0.2) is 41.4 Å². The molecule has 0 saturated carbocycles. The zero-order chi connectivity index (χ0) is 23.4. The van der Waals surface area contributed by atoms with Gasteiger partial charge in [-0.05, 0) is 63.1 Å². The van der Waals surface area contributed by atoms with Gasteiger partial charge in [0.25, 0.3) is 0 Å². The summed E-state index contributed by atoms with van der Waals surface area (Å²) in [5.41, 5.74) is 3.27. The third-order valence-electron chi connectivity index (χ3n) is 4.77. The lowest BCUT2D eigenvalue weighted by Gasteiger charge is -2.08. The van der Waals surface area contributed by atoms with Crippen LogP contribution in [0.4, 0.5) is 0 Å². The van der Waals surface area contributed by atoms with Crippen molar-refractivity contribution in [1.82, 2.24) is 4.40 Å². The predicted molar refractivity (Wildman–Crippen MR) is 125 cm³/mol. The summed E-state index contributed by atoms with van der Waals surface area (Å²) in [5.74, 6) is -1.24. The van der Waals surface area contributed by atoms with Crippen LogP contribution in [0.3, 0.4) is 0 Å².